The topological polar surface area (TPSA) is 72.2 Å². The van der Waals surface area contributed by atoms with Crippen LogP contribution in [0.2, 0.25) is 0 Å². The van der Waals surface area contributed by atoms with Crippen molar-refractivity contribution in [1.82, 2.24) is 5.32 Å². The van der Waals surface area contributed by atoms with Crippen molar-refractivity contribution in [2.75, 3.05) is 0 Å². The second kappa shape index (κ2) is 7.27. The lowest BCUT2D eigenvalue weighted by Crippen LogP contribution is -2.48. The van der Waals surface area contributed by atoms with Crippen LogP contribution in [0.1, 0.15) is 22.6 Å². The van der Waals surface area contributed by atoms with Crippen LogP contribution in [0.3, 0.4) is 0 Å². The number of hydrogen-bond acceptors (Lipinski definition) is 2. The van der Waals surface area contributed by atoms with Gasteiger partial charge in [0.15, 0.2) is 0 Å². The summed E-state index contributed by atoms with van der Waals surface area (Å²) in [7, 11) is 0. The highest BCUT2D eigenvalue weighted by molar-refractivity contribution is 5.91. The summed E-state index contributed by atoms with van der Waals surface area (Å²) in [5, 5.41) is 2.80. The van der Waals surface area contributed by atoms with Gasteiger partial charge in [0.05, 0.1) is 6.42 Å². The lowest BCUT2D eigenvalue weighted by Gasteiger charge is -2.24. The van der Waals surface area contributed by atoms with Gasteiger partial charge in [-0.25, -0.2) is 4.39 Å². The largest absolute Gasteiger partial charge is 0.368 e. The minimum Gasteiger partial charge on any atom is -0.368 e. The molecule has 4 rings (SSSR count). The van der Waals surface area contributed by atoms with E-state index in [9.17, 15) is 14.0 Å². The summed E-state index contributed by atoms with van der Waals surface area (Å²) >= 11 is 0. The highest BCUT2D eigenvalue weighted by Gasteiger charge is 2.37. The van der Waals surface area contributed by atoms with E-state index in [4.69, 9.17) is 5.73 Å². The third-order valence-corrected chi connectivity index (χ3v) is 5.12. The fourth-order valence-corrected chi connectivity index (χ4v) is 3.88. The Morgan fingerprint density at radius 2 is 1.43 bits per heavy atom. The molecule has 1 aliphatic rings. The van der Waals surface area contributed by atoms with Crippen molar-refractivity contribution in [3.05, 3.63) is 95.3 Å². The fourth-order valence-electron chi connectivity index (χ4n) is 3.88. The molecule has 4 nitrogen and oxygen atoms in total. The first-order valence-corrected chi connectivity index (χ1v) is 9.06. The number of amides is 2. The number of carbonyl (C=O) groups excluding carboxylic acids is 2. The van der Waals surface area contributed by atoms with E-state index in [1.54, 1.807) is 12.1 Å². The number of carbonyl (C=O) groups is 2. The molecule has 3 N–H and O–H groups in total. The predicted octanol–water partition coefficient (Wildman–Crippen LogP) is 3.15. The fraction of sp³-hybridized carbons (Fsp3) is 0.130. The molecule has 0 aromatic heterocycles. The first-order valence-electron chi connectivity index (χ1n) is 9.06. The molecule has 0 unspecified atom stereocenters. The summed E-state index contributed by atoms with van der Waals surface area (Å²) in [6, 6.07) is 20.5. The van der Waals surface area contributed by atoms with Crippen LogP contribution in [0.25, 0.3) is 11.1 Å². The lowest BCUT2D eigenvalue weighted by molar-refractivity contribution is -0.127. The molecule has 0 bridgehead atoms. The number of fused-ring (bicyclic) bond motifs is 3. The molecule has 0 heterocycles. The van der Waals surface area contributed by atoms with E-state index in [2.05, 4.69) is 5.32 Å². The predicted molar refractivity (Wildman–Crippen MR) is 105 cm³/mol. The quantitative estimate of drug-likeness (QED) is 0.720. The molecule has 0 spiro atoms. The van der Waals surface area contributed by atoms with Gasteiger partial charge in [0.1, 0.15) is 11.9 Å². The van der Waals surface area contributed by atoms with Crippen molar-refractivity contribution >= 4 is 11.8 Å². The van der Waals surface area contributed by atoms with Crippen LogP contribution in [-0.4, -0.2) is 17.9 Å². The molecule has 0 saturated heterocycles. The molecule has 1 aliphatic carbocycles. The summed E-state index contributed by atoms with van der Waals surface area (Å²) in [4.78, 5) is 24.9. The summed E-state index contributed by atoms with van der Waals surface area (Å²) in [6.07, 6.45) is 0.0417. The molecule has 5 heteroatoms. The zero-order valence-corrected chi connectivity index (χ0v) is 15.1. The van der Waals surface area contributed by atoms with E-state index in [0.29, 0.717) is 5.56 Å². The van der Waals surface area contributed by atoms with E-state index in [1.807, 2.05) is 48.5 Å². The van der Waals surface area contributed by atoms with Crippen molar-refractivity contribution in [2.24, 2.45) is 5.73 Å². The number of benzene rings is 3. The Hall–Kier alpha value is -3.47. The van der Waals surface area contributed by atoms with Gasteiger partial charge < -0.3 is 11.1 Å². The van der Waals surface area contributed by atoms with Crippen molar-refractivity contribution in [2.45, 2.75) is 18.4 Å². The van der Waals surface area contributed by atoms with Gasteiger partial charge in [-0.15, -0.1) is 0 Å². The van der Waals surface area contributed by atoms with Crippen LogP contribution in [0, 0.1) is 5.82 Å². The van der Waals surface area contributed by atoms with Gasteiger partial charge in [0.2, 0.25) is 11.8 Å². The molecule has 0 fully saturated rings. The second-order valence-electron chi connectivity index (χ2n) is 6.90. The third kappa shape index (κ3) is 3.27. The average Bonchev–Trinajstić information content (AvgIpc) is 3.02. The first kappa shape index (κ1) is 17.9. The first-order chi connectivity index (χ1) is 13.5. The van der Waals surface area contributed by atoms with Gasteiger partial charge in [-0.05, 0) is 39.9 Å². The Labute approximate surface area is 162 Å². The van der Waals surface area contributed by atoms with Gasteiger partial charge in [-0.1, -0.05) is 60.7 Å². The minimum atomic E-state index is -0.877. The normalized spacial score (nSPS) is 13.5. The molecule has 2 amide bonds. The maximum absolute atomic E-state index is 13.1. The number of nitrogens with one attached hydrogen (secondary N) is 1. The Kier molecular flexibility index (Phi) is 4.65. The van der Waals surface area contributed by atoms with E-state index in [-0.39, 0.29) is 24.1 Å². The monoisotopic (exact) mass is 374 g/mol. The zero-order chi connectivity index (χ0) is 19.7. The van der Waals surface area contributed by atoms with Crippen LogP contribution in [0.5, 0.6) is 0 Å². The molecule has 140 valence electrons. The smallest absolute Gasteiger partial charge is 0.240 e. The van der Waals surface area contributed by atoms with Crippen LogP contribution in [0.4, 0.5) is 4.39 Å². The van der Waals surface area contributed by atoms with Gasteiger partial charge in [0.25, 0.3) is 0 Å². The van der Waals surface area contributed by atoms with Crippen LogP contribution in [-0.2, 0) is 16.0 Å². The van der Waals surface area contributed by atoms with Gasteiger partial charge in [-0.3, -0.25) is 9.59 Å². The molecule has 0 saturated carbocycles. The number of nitrogens with two attached hydrogens (primary N) is 1. The molecule has 0 radical (unpaired) electrons. The van der Waals surface area contributed by atoms with Crippen LogP contribution in [0.15, 0.2) is 72.8 Å². The van der Waals surface area contributed by atoms with Crippen molar-refractivity contribution in [3.8, 4) is 11.1 Å². The standard InChI is InChI=1S/C23H19FN2O2/c24-15-11-9-14(10-12-15)13-20(27)26-22(23(25)28)21-18-7-3-1-5-16(18)17-6-2-4-8-19(17)21/h1-12,21-22H,13H2,(H2,25,28)(H,26,27)/t22-/m1/s1. The van der Waals surface area contributed by atoms with Gasteiger partial charge >= 0.3 is 0 Å². The maximum atomic E-state index is 13.1. The Morgan fingerprint density at radius 3 is 1.96 bits per heavy atom. The molecular formula is C23H19FN2O2. The third-order valence-electron chi connectivity index (χ3n) is 5.12. The van der Waals surface area contributed by atoms with Crippen LogP contribution >= 0.6 is 0 Å². The highest BCUT2D eigenvalue weighted by Crippen LogP contribution is 2.46. The summed E-state index contributed by atoms with van der Waals surface area (Å²) < 4.78 is 13.1. The minimum absolute atomic E-state index is 0.0417. The molecule has 0 aliphatic heterocycles. The van der Waals surface area contributed by atoms with Crippen molar-refractivity contribution in [1.29, 1.82) is 0 Å². The van der Waals surface area contributed by atoms with E-state index in [0.717, 1.165) is 22.3 Å². The summed E-state index contributed by atoms with van der Waals surface area (Å²) in [6.45, 7) is 0. The molecule has 3 aromatic rings. The maximum Gasteiger partial charge on any atom is 0.240 e. The van der Waals surface area contributed by atoms with E-state index < -0.39 is 11.9 Å². The molecule has 1 atom stereocenters. The van der Waals surface area contributed by atoms with E-state index in [1.165, 1.54) is 12.1 Å². The average molecular weight is 374 g/mol. The summed E-state index contributed by atoms with van der Waals surface area (Å²) in [5.41, 5.74) is 10.4. The second-order valence-corrected chi connectivity index (χ2v) is 6.90. The molecule has 28 heavy (non-hydrogen) atoms. The Balaban J connectivity index is 1.64. The van der Waals surface area contributed by atoms with E-state index >= 15 is 0 Å². The lowest BCUT2D eigenvalue weighted by atomic mass is 9.88. The van der Waals surface area contributed by atoms with Crippen molar-refractivity contribution < 1.29 is 14.0 Å². The number of hydrogen-bond donors (Lipinski definition) is 2. The van der Waals surface area contributed by atoms with Gasteiger partial charge in [0, 0.05) is 5.92 Å². The number of rotatable bonds is 5. The molecular weight excluding hydrogens is 355 g/mol. The Morgan fingerprint density at radius 1 is 0.893 bits per heavy atom. The SMILES string of the molecule is NC(=O)[C@H](NC(=O)Cc1ccc(F)cc1)C1c2ccccc2-c2ccccc21. The number of halogens is 1. The van der Waals surface area contributed by atoms with Gasteiger partial charge in [-0.2, -0.15) is 0 Å². The molecule has 3 aromatic carbocycles. The highest BCUT2D eigenvalue weighted by atomic mass is 19.1. The Bertz CT molecular complexity index is 1000. The van der Waals surface area contributed by atoms with Crippen LogP contribution < -0.4 is 11.1 Å². The summed E-state index contributed by atoms with van der Waals surface area (Å²) in [5.74, 6) is -1.64. The number of primary amides is 1. The zero-order valence-electron chi connectivity index (χ0n) is 15.1. The van der Waals surface area contributed by atoms with Crippen molar-refractivity contribution in [3.63, 3.8) is 0 Å².